The summed E-state index contributed by atoms with van der Waals surface area (Å²) in [5, 5.41) is 1.15. The first-order valence-electron chi connectivity index (χ1n) is 5.63. The average molecular weight is 215 g/mol. The van der Waals surface area contributed by atoms with Crippen molar-refractivity contribution in [3.05, 3.63) is 35.0 Å². The predicted octanol–water partition coefficient (Wildman–Crippen LogP) is 3.62. The maximum atomic E-state index is 11.9. The molecule has 0 saturated carbocycles. The zero-order chi connectivity index (χ0) is 11.9. The normalized spacial score (nSPS) is 11.3. The summed E-state index contributed by atoms with van der Waals surface area (Å²) in [6.45, 7) is 7.99. The number of benzene rings is 1. The molecule has 2 rings (SSSR count). The Morgan fingerprint density at radius 2 is 1.88 bits per heavy atom. The van der Waals surface area contributed by atoms with Crippen LogP contribution in [0, 0.1) is 19.8 Å². The molecule has 2 heteroatoms. The number of hydrogen-bond acceptors (Lipinski definition) is 1. The minimum Gasteiger partial charge on any atom is -0.352 e. The van der Waals surface area contributed by atoms with Crippen molar-refractivity contribution >= 4 is 16.7 Å². The number of ketones is 1. The van der Waals surface area contributed by atoms with E-state index in [0.717, 1.165) is 16.6 Å². The minimum atomic E-state index is 0.0365. The summed E-state index contributed by atoms with van der Waals surface area (Å²) in [6, 6.07) is 6.19. The summed E-state index contributed by atoms with van der Waals surface area (Å²) >= 11 is 0. The Morgan fingerprint density at radius 3 is 2.50 bits per heavy atom. The van der Waals surface area contributed by atoms with Gasteiger partial charge in [-0.1, -0.05) is 19.9 Å². The molecule has 0 bridgehead atoms. The van der Waals surface area contributed by atoms with Crippen molar-refractivity contribution in [2.45, 2.75) is 27.7 Å². The van der Waals surface area contributed by atoms with Crippen LogP contribution < -0.4 is 0 Å². The lowest BCUT2D eigenvalue weighted by atomic mass is 10.1. The van der Waals surface area contributed by atoms with Crippen molar-refractivity contribution in [2.24, 2.45) is 5.92 Å². The van der Waals surface area contributed by atoms with Gasteiger partial charge in [0, 0.05) is 16.8 Å². The van der Waals surface area contributed by atoms with Gasteiger partial charge in [0.25, 0.3) is 0 Å². The van der Waals surface area contributed by atoms with Gasteiger partial charge >= 0.3 is 0 Å². The van der Waals surface area contributed by atoms with Crippen molar-refractivity contribution < 1.29 is 4.79 Å². The first-order chi connectivity index (χ1) is 7.49. The molecule has 0 radical (unpaired) electrons. The number of fused-ring (bicyclic) bond motifs is 1. The van der Waals surface area contributed by atoms with E-state index >= 15 is 0 Å². The topological polar surface area (TPSA) is 32.9 Å². The van der Waals surface area contributed by atoms with Crippen molar-refractivity contribution in [3.8, 4) is 0 Å². The third kappa shape index (κ3) is 1.75. The van der Waals surface area contributed by atoms with Crippen LogP contribution >= 0.6 is 0 Å². The second-order valence-electron chi connectivity index (χ2n) is 4.75. The summed E-state index contributed by atoms with van der Waals surface area (Å²) in [5.74, 6) is 0.211. The summed E-state index contributed by atoms with van der Waals surface area (Å²) in [6.07, 6.45) is 0. The van der Waals surface area contributed by atoms with E-state index in [1.54, 1.807) is 0 Å². The van der Waals surface area contributed by atoms with Crippen molar-refractivity contribution in [2.75, 3.05) is 0 Å². The molecule has 1 aromatic heterocycles. The minimum absolute atomic E-state index is 0.0365. The van der Waals surface area contributed by atoms with E-state index in [4.69, 9.17) is 0 Å². The number of H-pyrrole nitrogens is 1. The first-order valence-corrected chi connectivity index (χ1v) is 5.63. The molecule has 0 saturated heterocycles. The Labute approximate surface area is 95.7 Å². The van der Waals surface area contributed by atoms with Gasteiger partial charge < -0.3 is 4.98 Å². The zero-order valence-electron chi connectivity index (χ0n) is 10.2. The van der Waals surface area contributed by atoms with Crippen LogP contribution in [0.5, 0.6) is 0 Å². The standard InChI is InChI=1S/C14H17NO/c1-8(2)14(16)13-7-11-10(4)5-9(3)6-12(11)15-13/h5-8,15H,1-4H3. The monoisotopic (exact) mass is 215 g/mol. The maximum Gasteiger partial charge on any atom is 0.181 e. The highest BCUT2D eigenvalue weighted by atomic mass is 16.1. The Morgan fingerprint density at radius 1 is 1.19 bits per heavy atom. The van der Waals surface area contributed by atoms with Crippen LogP contribution in [0.3, 0.4) is 0 Å². The molecule has 1 aromatic carbocycles. The van der Waals surface area contributed by atoms with Gasteiger partial charge in [0.2, 0.25) is 0 Å². The maximum absolute atomic E-state index is 11.9. The summed E-state index contributed by atoms with van der Waals surface area (Å²) < 4.78 is 0. The van der Waals surface area contributed by atoms with E-state index in [9.17, 15) is 4.79 Å². The van der Waals surface area contributed by atoms with E-state index in [0.29, 0.717) is 0 Å². The summed E-state index contributed by atoms with van der Waals surface area (Å²) in [7, 11) is 0. The Bertz CT molecular complexity index is 549. The van der Waals surface area contributed by atoms with E-state index in [1.165, 1.54) is 11.1 Å². The molecule has 0 amide bonds. The van der Waals surface area contributed by atoms with Crippen LogP contribution in [-0.4, -0.2) is 10.8 Å². The Hall–Kier alpha value is -1.57. The third-order valence-corrected chi connectivity index (χ3v) is 2.88. The second-order valence-corrected chi connectivity index (χ2v) is 4.75. The molecule has 1 N–H and O–H groups in total. The molecule has 16 heavy (non-hydrogen) atoms. The number of carbonyl (C=O) groups excluding carboxylic acids is 1. The van der Waals surface area contributed by atoms with Crippen LogP contribution in [0.4, 0.5) is 0 Å². The molecule has 0 spiro atoms. The molecule has 0 aliphatic heterocycles. The van der Waals surface area contributed by atoms with Crippen molar-refractivity contribution in [3.63, 3.8) is 0 Å². The molecule has 0 fully saturated rings. The zero-order valence-corrected chi connectivity index (χ0v) is 10.2. The summed E-state index contributed by atoms with van der Waals surface area (Å²) in [4.78, 5) is 15.1. The van der Waals surface area contributed by atoms with Crippen LogP contribution in [0.15, 0.2) is 18.2 Å². The van der Waals surface area contributed by atoms with Gasteiger partial charge in [0.1, 0.15) is 0 Å². The number of aromatic amines is 1. The molecule has 2 aromatic rings. The van der Waals surface area contributed by atoms with Gasteiger partial charge in [0.15, 0.2) is 5.78 Å². The number of Topliss-reactive ketones (excluding diaryl/α,β-unsaturated/α-hetero) is 1. The quantitative estimate of drug-likeness (QED) is 0.762. The molecule has 1 heterocycles. The number of aryl methyl sites for hydroxylation is 2. The Kier molecular flexibility index (Phi) is 2.58. The third-order valence-electron chi connectivity index (χ3n) is 2.88. The van der Waals surface area contributed by atoms with Gasteiger partial charge in [-0.2, -0.15) is 0 Å². The molecular formula is C14H17NO. The second kappa shape index (κ2) is 3.78. The van der Waals surface area contributed by atoms with Gasteiger partial charge in [-0.25, -0.2) is 0 Å². The van der Waals surface area contributed by atoms with E-state index in [-0.39, 0.29) is 11.7 Å². The van der Waals surface area contributed by atoms with Crippen LogP contribution in [0.25, 0.3) is 10.9 Å². The largest absolute Gasteiger partial charge is 0.352 e. The number of nitrogens with one attached hydrogen (secondary N) is 1. The van der Waals surface area contributed by atoms with Gasteiger partial charge in [-0.15, -0.1) is 0 Å². The highest BCUT2D eigenvalue weighted by molar-refractivity contribution is 6.01. The molecule has 0 unspecified atom stereocenters. The summed E-state index contributed by atoms with van der Waals surface area (Å²) in [5.41, 5.74) is 4.21. The average Bonchev–Trinajstić information content (AvgIpc) is 2.60. The van der Waals surface area contributed by atoms with Crippen molar-refractivity contribution in [1.82, 2.24) is 4.98 Å². The Balaban J connectivity index is 2.60. The first kappa shape index (κ1) is 10.9. The van der Waals surface area contributed by atoms with Crippen LogP contribution in [0.1, 0.15) is 35.5 Å². The molecule has 84 valence electrons. The molecule has 0 aliphatic rings. The van der Waals surface area contributed by atoms with Gasteiger partial charge in [-0.3, -0.25) is 4.79 Å². The molecule has 2 nitrogen and oxygen atoms in total. The highest BCUT2D eigenvalue weighted by Crippen LogP contribution is 2.22. The number of carbonyl (C=O) groups is 1. The fourth-order valence-corrected chi connectivity index (χ4v) is 2.04. The number of rotatable bonds is 2. The number of aromatic nitrogens is 1. The van der Waals surface area contributed by atoms with E-state index in [2.05, 4.69) is 31.0 Å². The smallest absolute Gasteiger partial charge is 0.181 e. The molecule has 0 atom stereocenters. The lowest BCUT2D eigenvalue weighted by molar-refractivity contribution is 0.0935. The van der Waals surface area contributed by atoms with Crippen molar-refractivity contribution in [1.29, 1.82) is 0 Å². The van der Waals surface area contributed by atoms with E-state index in [1.807, 2.05) is 19.9 Å². The van der Waals surface area contributed by atoms with Crippen LogP contribution in [-0.2, 0) is 0 Å². The van der Waals surface area contributed by atoms with Crippen LogP contribution in [0.2, 0.25) is 0 Å². The predicted molar refractivity (Wildman–Crippen MR) is 66.9 cm³/mol. The van der Waals surface area contributed by atoms with Gasteiger partial charge in [-0.05, 0) is 37.1 Å². The lowest BCUT2D eigenvalue weighted by Gasteiger charge is -1.99. The lowest BCUT2D eigenvalue weighted by Crippen LogP contribution is -2.07. The SMILES string of the molecule is Cc1cc(C)c2cc(C(=O)C(C)C)[nH]c2c1. The highest BCUT2D eigenvalue weighted by Gasteiger charge is 2.13. The fraction of sp³-hybridized carbons (Fsp3) is 0.357. The van der Waals surface area contributed by atoms with Gasteiger partial charge in [0.05, 0.1) is 5.69 Å². The molecule has 0 aliphatic carbocycles. The van der Waals surface area contributed by atoms with E-state index < -0.39 is 0 Å². The molecular weight excluding hydrogens is 198 g/mol. The number of hydrogen-bond donors (Lipinski definition) is 1. The fourth-order valence-electron chi connectivity index (χ4n) is 2.04.